The van der Waals surface area contributed by atoms with E-state index in [-0.39, 0.29) is 0 Å². The van der Waals surface area contributed by atoms with Crippen molar-refractivity contribution < 1.29 is 30.7 Å². The van der Waals surface area contributed by atoms with E-state index in [2.05, 4.69) is 30.0 Å². The molecule has 1 rings (SSSR count). The predicted molar refractivity (Wildman–Crippen MR) is 71.9 cm³/mol. The SMILES string of the molecule is C=CCC[n+]1ccccc1C(=C)C.O=S(=O)([O-])C(F)(F)F. The molecule has 0 aliphatic heterocycles. The van der Waals surface area contributed by atoms with E-state index in [1.807, 2.05) is 25.1 Å². The maximum atomic E-state index is 10.7. The van der Waals surface area contributed by atoms with E-state index in [0.717, 1.165) is 18.5 Å². The summed E-state index contributed by atoms with van der Waals surface area (Å²) in [6.07, 6.45) is 5.00. The fourth-order valence-corrected chi connectivity index (χ4v) is 1.29. The lowest BCUT2D eigenvalue weighted by Gasteiger charge is -2.08. The van der Waals surface area contributed by atoms with Gasteiger partial charge in [0.25, 0.3) is 0 Å². The number of hydrogen-bond acceptors (Lipinski definition) is 3. The Morgan fingerprint density at radius 2 is 1.95 bits per heavy atom. The van der Waals surface area contributed by atoms with Crippen molar-refractivity contribution in [1.29, 1.82) is 0 Å². The third-order valence-electron chi connectivity index (χ3n) is 2.24. The van der Waals surface area contributed by atoms with Gasteiger partial charge in [-0.05, 0) is 13.0 Å². The first-order valence-electron chi connectivity index (χ1n) is 5.78. The van der Waals surface area contributed by atoms with Crippen molar-refractivity contribution in [1.82, 2.24) is 0 Å². The third kappa shape index (κ3) is 7.05. The van der Waals surface area contributed by atoms with E-state index in [4.69, 9.17) is 13.0 Å². The standard InChI is InChI=1S/C12H16N.CHF3O3S/c1-4-5-9-13-10-7-6-8-12(13)11(2)3;2-1(3,4)8(5,6)7/h4,6-8,10H,1-2,5,9H2,3H3;(H,5,6,7)/q+1;/p-1. The molecule has 118 valence electrons. The number of allylic oxidation sites excluding steroid dienone is 2. The summed E-state index contributed by atoms with van der Waals surface area (Å²) in [4.78, 5) is 0. The molecule has 0 aromatic carbocycles. The maximum absolute atomic E-state index is 10.7. The fraction of sp³-hybridized carbons (Fsp3) is 0.308. The number of aromatic nitrogens is 1. The highest BCUT2D eigenvalue weighted by Crippen LogP contribution is 2.20. The molecule has 4 nitrogen and oxygen atoms in total. The van der Waals surface area contributed by atoms with Crippen molar-refractivity contribution in [2.75, 3.05) is 0 Å². The largest absolute Gasteiger partial charge is 0.741 e. The van der Waals surface area contributed by atoms with Crippen LogP contribution in [0, 0.1) is 0 Å². The maximum Gasteiger partial charge on any atom is 0.485 e. The van der Waals surface area contributed by atoms with Crippen LogP contribution in [0.2, 0.25) is 0 Å². The van der Waals surface area contributed by atoms with Gasteiger partial charge in [0.2, 0.25) is 5.69 Å². The normalized spacial score (nSPS) is 11.3. The molecule has 1 aromatic rings. The van der Waals surface area contributed by atoms with E-state index in [9.17, 15) is 13.2 Å². The van der Waals surface area contributed by atoms with Gasteiger partial charge in [-0.1, -0.05) is 12.7 Å². The molecule has 1 aromatic heterocycles. The van der Waals surface area contributed by atoms with Crippen LogP contribution < -0.4 is 4.57 Å². The summed E-state index contributed by atoms with van der Waals surface area (Å²) in [6, 6.07) is 6.16. The molecular weight excluding hydrogens is 307 g/mol. The zero-order chi connectivity index (χ0) is 16.7. The van der Waals surface area contributed by atoms with E-state index >= 15 is 0 Å². The zero-order valence-corrected chi connectivity index (χ0v) is 12.2. The Labute approximate surface area is 122 Å². The van der Waals surface area contributed by atoms with Crippen molar-refractivity contribution in [3.05, 3.63) is 49.3 Å². The molecule has 0 N–H and O–H groups in total. The second kappa shape index (κ2) is 7.94. The molecule has 0 atom stereocenters. The molecule has 0 unspecified atom stereocenters. The quantitative estimate of drug-likeness (QED) is 0.370. The van der Waals surface area contributed by atoms with Gasteiger partial charge in [-0.3, -0.25) is 0 Å². The van der Waals surface area contributed by atoms with Crippen LogP contribution in [0.5, 0.6) is 0 Å². The van der Waals surface area contributed by atoms with E-state index in [1.54, 1.807) is 0 Å². The van der Waals surface area contributed by atoms with Crippen molar-refractivity contribution in [3.63, 3.8) is 0 Å². The summed E-state index contributed by atoms with van der Waals surface area (Å²) in [5, 5.41) is 0. The van der Waals surface area contributed by atoms with Gasteiger partial charge in [0.05, 0.1) is 0 Å². The number of alkyl halides is 3. The van der Waals surface area contributed by atoms with Gasteiger partial charge in [-0.2, -0.15) is 17.7 Å². The van der Waals surface area contributed by atoms with Gasteiger partial charge in [-0.15, -0.1) is 6.58 Å². The molecule has 0 radical (unpaired) electrons. The highest BCUT2D eigenvalue weighted by Gasteiger charge is 2.36. The Morgan fingerprint density at radius 1 is 1.43 bits per heavy atom. The molecule has 1 heterocycles. The van der Waals surface area contributed by atoms with Gasteiger partial charge in [0, 0.05) is 24.1 Å². The molecule has 0 fully saturated rings. The lowest BCUT2D eigenvalue weighted by Crippen LogP contribution is -2.37. The average molecular weight is 323 g/mol. The van der Waals surface area contributed by atoms with Crippen molar-refractivity contribution >= 4 is 15.7 Å². The molecule has 21 heavy (non-hydrogen) atoms. The highest BCUT2D eigenvalue weighted by molar-refractivity contribution is 7.86. The van der Waals surface area contributed by atoms with Gasteiger partial charge < -0.3 is 4.55 Å². The molecule has 0 aliphatic rings. The van der Waals surface area contributed by atoms with Crippen LogP contribution in [0.25, 0.3) is 5.57 Å². The second-order valence-electron chi connectivity index (χ2n) is 4.04. The zero-order valence-electron chi connectivity index (χ0n) is 11.4. The molecule has 0 amide bonds. The van der Waals surface area contributed by atoms with Crippen LogP contribution in [0.1, 0.15) is 19.0 Å². The Kier molecular flexibility index (Phi) is 7.31. The minimum Gasteiger partial charge on any atom is -0.741 e. The minimum atomic E-state index is -6.09. The van der Waals surface area contributed by atoms with Crippen LogP contribution in [-0.4, -0.2) is 18.5 Å². The summed E-state index contributed by atoms with van der Waals surface area (Å²) >= 11 is 0. The van der Waals surface area contributed by atoms with E-state index < -0.39 is 15.6 Å². The fourth-order valence-electron chi connectivity index (χ4n) is 1.29. The molecule has 0 aliphatic carbocycles. The Morgan fingerprint density at radius 3 is 2.33 bits per heavy atom. The van der Waals surface area contributed by atoms with Crippen LogP contribution in [0.15, 0.2) is 43.6 Å². The van der Waals surface area contributed by atoms with Crippen molar-refractivity contribution in [3.8, 4) is 0 Å². The number of hydrogen-bond donors (Lipinski definition) is 0. The Balaban J connectivity index is 0.000000433. The lowest BCUT2D eigenvalue weighted by molar-refractivity contribution is -0.698. The summed E-state index contributed by atoms with van der Waals surface area (Å²) in [5.74, 6) is 0. The van der Waals surface area contributed by atoms with Gasteiger partial charge in [0.1, 0.15) is 0 Å². The first-order valence-corrected chi connectivity index (χ1v) is 7.19. The smallest absolute Gasteiger partial charge is 0.485 e. The first kappa shape index (κ1) is 19.3. The summed E-state index contributed by atoms with van der Waals surface area (Å²) in [6.45, 7) is 10.7. The van der Waals surface area contributed by atoms with Crippen molar-refractivity contribution in [2.24, 2.45) is 0 Å². The number of pyridine rings is 1. The highest BCUT2D eigenvalue weighted by atomic mass is 32.2. The lowest BCUT2D eigenvalue weighted by atomic mass is 10.2. The van der Waals surface area contributed by atoms with Crippen LogP contribution in [0.3, 0.4) is 0 Å². The summed E-state index contributed by atoms with van der Waals surface area (Å²) < 4.78 is 61.1. The van der Waals surface area contributed by atoms with Crippen LogP contribution >= 0.6 is 0 Å². The number of aryl methyl sites for hydroxylation is 1. The van der Waals surface area contributed by atoms with Crippen LogP contribution in [-0.2, 0) is 16.7 Å². The number of halogens is 3. The van der Waals surface area contributed by atoms with Gasteiger partial charge >= 0.3 is 5.51 Å². The van der Waals surface area contributed by atoms with Gasteiger partial charge in [0.15, 0.2) is 22.9 Å². The molecule has 0 saturated carbocycles. The van der Waals surface area contributed by atoms with Crippen LogP contribution in [0.4, 0.5) is 13.2 Å². The molecule has 8 heteroatoms. The number of nitrogens with zero attached hydrogens (tertiary/aromatic N) is 1. The molecule has 0 bridgehead atoms. The molecule has 0 spiro atoms. The predicted octanol–water partition coefficient (Wildman–Crippen LogP) is 2.63. The topological polar surface area (TPSA) is 61.1 Å². The van der Waals surface area contributed by atoms with Crippen molar-refractivity contribution in [2.45, 2.75) is 25.4 Å². The monoisotopic (exact) mass is 323 g/mol. The summed E-state index contributed by atoms with van der Waals surface area (Å²) in [7, 11) is -6.09. The average Bonchev–Trinajstić information content (AvgIpc) is 2.35. The molecule has 0 saturated heterocycles. The minimum absolute atomic E-state index is 0.979. The summed E-state index contributed by atoms with van der Waals surface area (Å²) in [5.41, 5.74) is -3.35. The number of rotatable bonds is 4. The Hall–Kier alpha value is -1.67. The van der Waals surface area contributed by atoms with E-state index in [0.29, 0.717) is 0 Å². The second-order valence-corrected chi connectivity index (χ2v) is 5.41. The first-order chi connectivity index (χ1) is 9.50. The molecular formula is C13H16F3NO3S. The van der Waals surface area contributed by atoms with Gasteiger partial charge in [-0.25, -0.2) is 8.42 Å². The third-order valence-corrected chi connectivity index (χ3v) is 2.80. The Bertz CT molecular complexity index is 595. The van der Waals surface area contributed by atoms with E-state index in [1.165, 1.54) is 5.69 Å².